The largest absolute Gasteiger partial charge is 0.376 e. The number of aryl methyl sites for hydroxylation is 1. The van der Waals surface area contributed by atoms with E-state index in [-0.39, 0.29) is 16.1 Å². The minimum absolute atomic E-state index is 0.0232. The van der Waals surface area contributed by atoms with Crippen LogP contribution >= 0.6 is 15.9 Å². The van der Waals surface area contributed by atoms with Gasteiger partial charge in [-0.2, -0.15) is 5.26 Å². The summed E-state index contributed by atoms with van der Waals surface area (Å²) in [4.78, 5) is 0. The van der Waals surface area contributed by atoms with Crippen LogP contribution in [0, 0.1) is 24.1 Å². The number of nitriles is 1. The molecule has 2 aromatic rings. The first kappa shape index (κ1) is 14.5. The number of halogens is 2. The summed E-state index contributed by atoms with van der Waals surface area (Å²) in [5, 5.41) is 12.0. The summed E-state index contributed by atoms with van der Waals surface area (Å²) in [6.45, 7) is 4.00. The van der Waals surface area contributed by atoms with E-state index in [1.807, 2.05) is 44.2 Å². The van der Waals surface area contributed by atoms with Crippen molar-refractivity contribution in [3.05, 3.63) is 63.4 Å². The lowest BCUT2D eigenvalue weighted by molar-refractivity contribution is 0.620. The maximum absolute atomic E-state index is 14.1. The van der Waals surface area contributed by atoms with Crippen LogP contribution in [0.25, 0.3) is 0 Å². The third-order valence-corrected chi connectivity index (χ3v) is 3.93. The van der Waals surface area contributed by atoms with E-state index in [1.165, 1.54) is 5.56 Å². The molecule has 20 heavy (non-hydrogen) atoms. The molecule has 1 unspecified atom stereocenters. The van der Waals surface area contributed by atoms with Crippen molar-refractivity contribution in [3.8, 4) is 6.07 Å². The number of rotatable bonds is 3. The molecule has 4 heteroatoms. The average Bonchev–Trinajstić information content (AvgIpc) is 2.45. The fourth-order valence-electron chi connectivity index (χ4n) is 1.92. The average molecular weight is 333 g/mol. The second kappa shape index (κ2) is 6.06. The van der Waals surface area contributed by atoms with Crippen LogP contribution in [0.1, 0.15) is 29.7 Å². The van der Waals surface area contributed by atoms with Gasteiger partial charge < -0.3 is 5.32 Å². The summed E-state index contributed by atoms with van der Waals surface area (Å²) >= 11 is 3.11. The molecule has 0 aromatic heterocycles. The highest BCUT2D eigenvalue weighted by Gasteiger charge is 2.13. The summed E-state index contributed by atoms with van der Waals surface area (Å²) in [6, 6.07) is 13.2. The lowest BCUT2D eigenvalue weighted by Crippen LogP contribution is -2.08. The Kier molecular flexibility index (Phi) is 4.41. The van der Waals surface area contributed by atoms with Crippen LogP contribution in [0.15, 0.2) is 40.9 Å². The molecule has 1 N–H and O–H groups in total. The molecule has 0 amide bonds. The number of hydrogen-bond acceptors (Lipinski definition) is 2. The molecule has 1 atom stereocenters. The topological polar surface area (TPSA) is 35.8 Å². The lowest BCUT2D eigenvalue weighted by atomic mass is 10.1. The van der Waals surface area contributed by atoms with Crippen molar-refractivity contribution in [3.63, 3.8) is 0 Å². The highest BCUT2D eigenvalue weighted by molar-refractivity contribution is 9.10. The fourth-order valence-corrected chi connectivity index (χ4v) is 2.35. The van der Waals surface area contributed by atoms with Gasteiger partial charge >= 0.3 is 0 Å². The summed E-state index contributed by atoms with van der Waals surface area (Å²) in [5.74, 6) is -0.442. The highest BCUT2D eigenvalue weighted by atomic mass is 79.9. The van der Waals surface area contributed by atoms with E-state index in [2.05, 4.69) is 21.2 Å². The van der Waals surface area contributed by atoms with Crippen LogP contribution in [-0.4, -0.2) is 0 Å². The number of anilines is 1. The molecule has 2 nitrogen and oxygen atoms in total. The van der Waals surface area contributed by atoms with Gasteiger partial charge in [-0.1, -0.05) is 29.8 Å². The molecule has 0 saturated carbocycles. The van der Waals surface area contributed by atoms with Gasteiger partial charge in [0.05, 0.1) is 15.7 Å². The van der Waals surface area contributed by atoms with E-state index in [4.69, 9.17) is 5.26 Å². The Morgan fingerprint density at radius 2 is 1.85 bits per heavy atom. The van der Waals surface area contributed by atoms with E-state index in [9.17, 15) is 4.39 Å². The quantitative estimate of drug-likeness (QED) is 0.863. The number of nitrogens with zero attached hydrogens (tertiary/aromatic N) is 1. The molecule has 0 spiro atoms. The minimum Gasteiger partial charge on any atom is -0.376 e. The molecule has 0 saturated heterocycles. The van der Waals surface area contributed by atoms with Crippen molar-refractivity contribution in [2.75, 3.05) is 5.32 Å². The number of nitrogens with one attached hydrogen (secondary N) is 1. The van der Waals surface area contributed by atoms with E-state index < -0.39 is 5.82 Å². The Balaban J connectivity index is 2.24. The lowest BCUT2D eigenvalue weighted by Gasteiger charge is -2.17. The second-order valence-electron chi connectivity index (χ2n) is 4.68. The predicted octanol–water partition coefficient (Wildman–Crippen LogP) is 4.94. The van der Waals surface area contributed by atoms with Crippen molar-refractivity contribution < 1.29 is 4.39 Å². The minimum atomic E-state index is -0.442. The Morgan fingerprint density at radius 1 is 1.20 bits per heavy atom. The Bertz CT molecular complexity index is 659. The summed E-state index contributed by atoms with van der Waals surface area (Å²) in [5.41, 5.74) is 2.93. The monoisotopic (exact) mass is 332 g/mol. The van der Waals surface area contributed by atoms with Gasteiger partial charge in [0, 0.05) is 6.04 Å². The molecule has 0 bridgehead atoms. The molecule has 0 radical (unpaired) electrons. The molecule has 0 fully saturated rings. The van der Waals surface area contributed by atoms with E-state index in [0.29, 0.717) is 5.69 Å². The molecule has 0 aliphatic heterocycles. The normalized spacial score (nSPS) is 11.8. The van der Waals surface area contributed by atoms with Crippen molar-refractivity contribution in [1.29, 1.82) is 5.26 Å². The third-order valence-electron chi connectivity index (χ3n) is 3.15. The maximum atomic E-state index is 14.1. The Labute approximate surface area is 126 Å². The van der Waals surface area contributed by atoms with E-state index in [1.54, 1.807) is 12.1 Å². The maximum Gasteiger partial charge on any atom is 0.161 e. The highest BCUT2D eigenvalue weighted by Crippen LogP contribution is 2.29. The zero-order valence-electron chi connectivity index (χ0n) is 11.2. The van der Waals surface area contributed by atoms with Crippen molar-refractivity contribution in [2.45, 2.75) is 19.9 Å². The van der Waals surface area contributed by atoms with Crippen LogP contribution in [0.2, 0.25) is 0 Å². The van der Waals surface area contributed by atoms with E-state index >= 15 is 0 Å². The van der Waals surface area contributed by atoms with Gasteiger partial charge in [-0.15, -0.1) is 0 Å². The van der Waals surface area contributed by atoms with Crippen LogP contribution in [-0.2, 0) is 0 Å². The van der Waals surface area contributed by atoms with Gasteiger partial charge in [-0.25, -0.2) is 4.39 Å². The molecular weight excluding hydrogens is 319 g/mol. The van der Waals surface area contributed by atoms with Crippen LogP contribution in [0.4, 0.5) is 10.1 Å². The first-order valence-corrected chi connectivity index (χ1v) is 7.03. The first-order chi connectivity index (χ1) is 9.52. The number of hydrogen-bond donors (Lipinski definition) is 1. The fraction of sp³-hybridized carbons (Fsp3) is 0.188. The molecule has 0 aliphatic carbocycles. The molecule has 0 heterocycles. The Hall–Kier alpha value is -1.86. The molecule has 2 rings (SSSR count). The zero-order valence-corrected chi connectivity index (χ0v) is 12.8. The van der Waals surface area contributed by atoms with Crippen LogP contribution < -0.4 is 5.32 Å². The SMILES string of the molecule is Cc1ccc(C(C)Nc2ccc(C#N)c(Br)c2F)cc1. The van der Waals surface area contributed by atoms with Gasteiger partial charge in [-0.05, 0) is 47.5 Å². The van der Waals surface area contributed by atoms with Crippen LogP contribution in [0.5, 0.6) is 0 Å². The third kappa shape index (κ3) is 3.00. The number of benzene rings is 2. The molecule has 0 aliphatic rings. The van der Waals surface area contributed by atoms with Crippen molar-refractivity contribution >= 4 is 21.6 Å². The molecule has 102 valence electrons. The van der Waals surface area contributed by atoms with Gasteiger partial charge in [0.1, 0.15) is 6.07 Å². The smallest absolute Gasteiger partial charge is 0.161 e. The molecule has 2 aromatic carbocycles. The molecular formula is C16H14BrFN2. The standard InChI is InChI=1S/C16H14BrFN2/c1-10-3-5-12(6-4-10)11(2)20-14-8-7-13(9-19)15(17)16(14)18/h3-8,11,20H,1-2H3. The van der Waals surface area contributed by atoms with Crippen molar-refractivity contribution in [2.24, 2.45) is 0 Å². The zero-order chi connectivity index (χ0) is 14.7. The Morgan fingerprint density at radius 3 is 2.45 bits per heavy atom. The predicted molar refractivity (Wildman–Crippen MR) is 82.0 cm³/mol. The van der Waals surface area contributed by atoms with Crippen molar-refractivity contribution in [1.82, 2.24) is 0 Å². The van der Waals surface area contributed by atoms with Gasteiger partial charge in [0.15, 0.2) is 5.82 Å². The summed E-state index contributed by atoms with van der Waals surface area (Å²) in [7, 11) is 0. The summed E-state index contributed by atoms with van der Waals surface area (Å²) < 4.78 is 14.3. The van der Waals surface area contributed by atoms with Crippen LogP contribution in [0.3, 0.4) is 0 Å². The van der Waals surface area contributed by atoms with Gasteiger partial charge in [-0.3, -0.25) is 0 Å². The van der Waals surface area contributed by atoms with Gasteiger partial charge in [0.25, 0.3) is 0 Å². The summed E-state index contributed by atoms with van der Waals surface area (Å²) in [6.07, 6.45) is 0. The first-order valence-electron chi connectivity index (χ1n) is 6.24. The second-order valence-corrected chi connectivity index (χ2v) is 5.47. The van der Waals surface area contributed by atoms with E-state index in [0.717, 1.165) is 5.56 Å². The van der Waals surface area contributed by atoms with Gasteiger partial charge in [0.2, 0.25) is 0 Å².